The van der Waals surface area contributed by atoms with Crippen LogP contribution < -0.4 is 5.73 Å². The molecule has 0 heterocycles. The fourth-order valence-corrected chi connectivity index (χ4v) is 4.05. The van der Waals surface area contributed by atoms with Gasteiger partial charge in [0.1, 0.15) is 11.5 Å². The van der Waals surface area contributed by atoms with E-state index in [1.165, 1.54) is 0 Å². The Morgan fingerprint density at radius 2 is 1.52 bits per heavy atom. The summed E-state index contributed by atoms with van der Waals surface area (Å²) in [7, 11) is 0. The van der Waals surface area contributed by atoms with Crippen molar-refractivity contribution in [1.29, 1.82) is 0 Å². The van der Waals surface area contributed by atoms with Crippen LogP contribution in [0, 0.1) is 5.92 Å². The highest BCUT2D eigenvalue weighted by Crippen LogP contribution is 2.46. The Morgan fingerprint density at radius 3 is 2.04 bits per heavy atom. The molecular weight excluding hydrogens is 318 g/mol. The maximum Gasteiger partial charge on any atom is 0.198 e. The summed E-state index contributed by atoms with van der Waals surface area (Å²) in [5.41, 5.74) is 7.48. The molecule has 2 atom stereocenters. The molecule has 0 aliphatic heterocycles. The molecule has 0 amide bonds. The fraction of sp³-hybridized carbons (Fsp3) is 0.300. The zero-order valence-electron chi connectivity index (χ0n) is 13.9. The molecule has 0 aromatic heterocycles. The molecule has 2 unspecified atom stereocenters. The Morgan fingerprint density at radius 1 is 1.00 bits per heavy atom. The Balaban J connectivity index is 1.97. The third-order valence-electron chi connectivity index (χ3n) is 5.51. The van der Waals surface area contributed by atoms with Crippen LogP contribution in [0.5, 0.6) is 11.5 Å². The number of carbonyl (C=O) groups is 2. The predicted molar refractivity (Wildman–Crippen MR) is 92.2 cm³/mol. The van der Waals surface area contributed by atoms with Crippen LogP contribution in [-0.4, -0.2) is 27.8 Å². The van der Waals surface area contributed by atoms with Crippen molar-refractivity contribution in [2.75, 3.05) is 0 Å². The van der Waals surface area contributed by atoms with E-state index >= 15 is 0 Å². The van der Waals surface area contributed by atoms with Gasteiger partial charge in [-0.2, -0.15) is 0 Å². The molecule has 2 aliphatic rings. The lowest BCUT2D eigenvalue weighted by Crippen LogP contribution is -2.32. The van der Waals surface area contributed by atoms with E-state index in [1.807, 2.05) is 6.92 Å². The van der Waals surface area contributed by atoms with Gasteiger partial charge in [-0.15, -0.1) is 0 Å². The number of fused-ring (bicyclic) bond motifs is 3. The molecule has 0 saturated carbocycles. The van der Waals surface area contributed by atoms with Gasteiger partial charge in [-0.1, -0.05) is 24.3 Å². The minimum Gasteiger partial charge on any atom is -0.507 e. The van der Waals surface area contributed by atoms with Crippen molar-refractivity contribution in [2.24, 2.45) is 11.7 Å². The summed E-state index contributed by atoms with van der Waals surface area (Å²) in [5.74, 6) is -1.03. The standard InChI is InChI=1S/C20H19NO4/c1-9(21)10-6-7-13-14(8-10)20(25)16-15(19(13)24)17(22)11-4-2-3-5-12(11)18(16)23/h2-5,9-10,24-25H,6-8,21H2,1H3. The quantitative estimate of drug-likeness (QED) is 0.592. The minimum atomic E-state index is -0.427. The lowest BCUT2D eigenvalue weighted by molar-refractivity contribution is 0.0973. The van der Waals surface area contributed by atoms with Crippen molar-refractivity contribution in [3.8, 4) is 11.5 Å². The summed E-state index contributed by atoms with van der Waals surface area (Å²) in [6.45, 7) is 1.91. The van der Waals surface area contributed by atoms with Crippen LogP contribution in [0.2, 0.25) is 0 Å². The van der Waals surface area contributed by atoms with Crippen molar-refractivity contribution >= 4 is 11.6 Å². The SMILES string of the molecule is CC(N)C1CCc2c(O)c3c(c(O)c2C1)C(=O)c1ccccc1C3=O. The van der Waals surface area contributed by atoms with Gasteiger partial charge in [-0.05, 0) is 32.1 Å². The first-order valence-electron chi connectivity index (χ1n) is 8.45. The van der Waals surface area contributed by atoms with E-state index in [4.69, 9.17) is 5.73 Å². The second-order valence-electron chi connectivity index (χ2n) is 6.97. The molecular formula is C20H19NO4. The zero-order chi connectivity index (χ0) is 17.9. The first-order valence-corrected chi connectivity index (χ1v) is 8.45. The van der Waals surface area contributed by atoms with Gasteiger partial charge in [-0.25, -0.2) is 0 Å². The summed E-state index contributed by atoms with van der Waals surface area (Å²) >= 11 is 0. The lowest BCUT2D eigenvalue weighted by Gasteiger charge is -2.31. The van der Waals surface area contributed by atoms with Gasteiger partial charge < -0.3 is 15.9 Å². The number of ketones is 2. The highest BCUT2D eigenvalue weighted by molar-refractivity contribution is 6.30. The van der Waals surface area contributed by atoms with Crippen molar-refractivity contribution in [3.63, 3.8) is 0 Å². The van der Waals surface area contributed by atoms with Gasteiger partial charge in [0.2, 0.25) is 0 Å². The number of benzene rings is 2. The maximum atomic E-state index is 12.9. The highest BCUT2D eigenvalue weighted by Gasteiger charge is 2.39. The van der Waals surface area contributed by atoms with Crippen LogP contribution in [0.25, 0.3) is 0 Å². The van der Waals surface area contributed by atoms with Crippen molar-refractivity contribution < 1.29 is 19.8 Å². The number of aromatic hydroxyl groups is 2. The van der Waals surface area contributed by atoms with Gasteiger partial charge in [-0.3, -0.25) is 9.59 Å². The summed E-state index contributed by atoms with van der Waals surface area (Å²) in [4.78, 5) is 25.7. The van der Waals surface area contributed by atoms with E-state index in [0.717, 1.165) is 6.42 Å². The van der Waals surface area contributed by atoms with E-state index in [1.54, 1.807) is 24.3 Å². The van der Waals surface area contributed by atoms with E-state index in [-0.39, 0.29) is 45.7 Å². The third-order valence-corrected chi connectivity index (χ3v) is 5.51. The first-order chi connectivity index (χ1) is 11.9. The van der Waals surface area contributed by atoms with Gasteiger partial charge in [0.05, 0.1) is 11.1 Å². The zero-order valence-corrected chi connectivity index (χ0v) is 13.9. The average molecular weight is 337 g/mol. The second kappa shape index (κ2) is 5.43. The van der Waals surface area contributed by atoms with Gasteiger partial charge in [0.25, 0.3) is 0 Å². The topological polar surface area (TPSA) is 101 Å². The van der Waals surface area contributed by atoms with Crippen molar-refractivity contribution in [2.45, 2.75) is 32.2 Å². The molecule has 0 fully saturated rings. The number of hydrogen-bond acceptors (Lipinski definition) is 5. The molecule has 2 aliphatic carbocycles. The molecule has 4 rings (SSSR count). The summed E-state index contributed by atoms with van der Waals surface area (Å²) in [6, 6.07) is 6.44. The van der Waals surface area contributed by atoms with E-state index in [9.17, 15) is 19.8 Å². The molecule has 0 spiro atoms. The van der Waals surface area contributed by atoms with Gasteiger partial charge >= 0.3 is 0 Å². The van der Waals surface area contributed by atoms with Crippen molar-refractivity contribution in [1.82, 2.24) is 0 Å². The van der Waals surface area contributed by atoms with Crippen LogP contribution in [-0.2, 0) is 12.8 Å². The molecule has 128 valence electrons. The first kappa shape index (κ1) is 15.8. The van der Waals surface area contributed by atoms with Crippen LogP contribution in [0.3, 0.4) is 0 Å². The molecule has 2 aromatic carbocycles. The number of phenolic OH excluding ortho intramolecular Hbond substituents is 2. The molecule has 5 nitrogen and oxygen atoms in total. The Hall–Kier alpha value is -2.66. The number of nitrogens with two attached hydrogens (primary N) is 1. The normalized spacial score (nSPS) is 19.8. The number of phenols is 2. The molecule has 5 heteroatoms. The Labute approximate surface area is 145 Å². The van der Waals surface area contributed by atoms with Crippen LogP contribution in [0.1, 0.15) is 56.3 Å². The predicted octanol–water partition coefficient (Wildman–Crippen LogP) is 2.33. The van der Waals surface area contributed by atoms with Crippen molar-refractivity contribution in [3.05, 3.63) is 57.6 Å². The fourth-order valence-electron chi connectivity index (χ4n) is 4.05. The van der Waals surface area contributed by atoms with Crippen LogP contribution in [0.15, 0.2) is 24.3 Å². The third kappa shape index (κ3) is 2.12. The molecule has 2 aromatic rings. The van der Waals surface area contributed by atoms with Crippen LogP contribution in [0.4, 0.5) is 0 Å². The lowest BCUT2D eigenvalue weighted by atomic mass is 9.74. The largest absolute Gasteiger partial charge is 0.507 e. The number of rotatable bonds is 1. The van der Waals surface area contributed by atoms with E-state index < -0.39 is 11.6 Å². The number of hydrogen-bond donors (Lipinski definition) is 3. The maximum absolute atomic E-state index is 12.9. The van der Waals surface area contributed by atoms with Crippen LogP contribution >= 0.6 is 0 Å². The molecule has 0 radical (unpaired) electrons. The van der Waals surface area contributed by atoms with Gasteiger partial charge in [0.15, 0.2) is 11.6 Å². The average Bonchev–Trinajstić information content (AvgIpc) is 2.62. The Kier molecular flexibility index (Phi) is 3.44. The highest BCUT2D eigenvalue weighted by atomic mass is 16.3. The summed E-state index contributed by atoms with van der Waals surface area (Å²) < 4.78 is 0. The smallest absolute Gasteiger partial charge is 0.198 e. The van der Waals surface area contributed by atoms with Gasteiger partial charge in [0, 0.05) is 28.3 Å². The number of carbonyl (C=O) groups excluding carboxylic acids is 2. The molecule has 0 bridgehead atoms. The molecule has 25 heavy (non-hydrogen) atoms. The monoisotopic (exact) mass is 337 g/mol. The van der Waals surface area contributed by atoms with E-state index in [2.05, 4.69) is 0 Å². The molecule has 0 saturated heterocycles. The molecule has 4 N–H and O–H groups in total. The Bertz CT molecular complexity index is 930. The second-order valence-corrected chi connectivity index (χ2v) is 6.97. The summed E-state index contributed by atoms with van der Waals surface area (Å²) in [6.07, 6.45) is 1.79. The van der Waals surface area contributed by atoms with E-state index in [0.29, 0.717) is 24.0 Å². The minimum absolute atomic E-state index is 0.0521. The summed E-state index contributed by atoms with van der Waals surface area (Å²) in [5, 5.41) is 21.5.